The van der Waals surface area contributed by atoms with Gasteiger partial charge in [0.1, 0.15) is 11.6 Å². The fourth-order valence-corrected chi connectivity index (χ4v) is 1.17. The second-order valence-electron chi connectivity index (χ2n) is 3.65. The van der Waals surface area contributed by atoms with E-state index in [-0.39, 0.29) is 5.56 Å². The van der Waals surface area contributed by atoms with Gasteiger partial charge in [0.2, 0.25) is 0 Å². The summed E-state index contributed by atoms with van der Waals surface area (Å²) in [5, 5.41) is 9.19. The molecule has 0 radical (unpaired) electrons. The van der Waals surface area contributed by atoms with Crippen LogP contribution in [0, 0.1) is 18.6 Å². The standard InChI is InChI=1S/C10H9F5O/c1-5-3-8(12)6(4-7(5)11)9(2,16)10(13,14)15/h3-4,16H,1-2H3. The lowest BCUT2D eigenvalue weighted by Gasteiger charge is -2.27. The summed E-state index contributed by atoms with van der Waals surface area (Å²) in [6.45, 7) is 1.59. The number of hydrogen-bond acceptors (Lipinski definition) is 1. The predicted octanol–water partition coefficient (Wildman–Crippen LogP) is 3.04. The van der Waals surface area contributed by atoms with Gasteiger partial charge in [-0.3, -0.25) is 0 Å². The van der Waals surface area contributed by atoms with Crippen molar-refractivity contribution in [3.63, 3.8) is 0 Å². The number of alkyl halides is 3. The van der Waals surface area contributed by atoms with E-state index in [1.807, 2.05) is 0 Å². The van der Waals surface area contributed by atoms with Gasteiger partial charge in [-0.2, -0.15) is 13.2 Å². The molecule has 1 aromatic rings. The molecule has 0 aliphatic rings. The molecule has 0 aliphatic carbocycles. The minimum absolute atomic E-state index is 0.126. The van der Waals surface area contributed by atoms with E-state index in [0.29, 0.717) is 19.1 Å². The topological polar surface area (TPSA) is 20.2 Å². The first-order valence-electron chi connectivity index (χ1n) is 4.32. The third kappa shape index (κ3) is 2.02. The molecular formula is C10H9F5O. The summed E-state index contributed by atoms with van der Waals surface area (Å²) in [5.74, 6) is -2.29. The van der Waals surface area contributed by atoms with E-state index in [1.54, 1.807) is 0 Å². The van der Waals surface area contributed by atoms with Crippen LogP contribution < -0.4 is 0 Å². The highest BCUT2D eigenvalue weighted by atomic mass is 19.4. The van der Waals surface area contributed by atoms with Crippen LogP contribution in [0.3, 0.4) is 0 Å². The molecule has 90 valence electrons. The van der Waals surface area contributed by atoms with Crippen molar-refractivity contribution in [1.82, 2.24) is 0 Å². The molecular weight excluding hydrogens is 231 g/mol. The molecule has 0 saturated heterocycles. The molecule has 1 aromatic carbocycles. The van der Waals surface area contributed by atoms with Crippen LogP contribution >= 0.6 is 0 Å². The molecule has 0 spiro atoms. The monoisotopic (exact) mass is 240 g/mol. The molecule has 0 aliphatic heterocycles. The average molecular weight is 240 g/mol. The highest BCUT2D eigenvalue weighted by Crippen LogP contribution is 2.39. The van der Waals surface area contributed by atoms with E-state index in [9.17, 15) is 27.1 Å². The molecule has 1 nitrogen and oxygen atoms in total. The zero-order valence-electron chi connectivity index (χ0n) is 8.49. The second-order valence-corrected chi connectivity index (χ2v) is 3.65. The second kappa shape index (κ2) is 3.69. The molecule has 6 heteroatoms. The van der Waals surface area contributed by atoms with Crippen LogP contribution in [-0.4, -0.2) is 11.3 Å². The normalized spacial score (nSPS) is 16.0. The first-order valence-corrected chi connectivity index (χ1v) is 4.32. The number of aryl methyl sites for hydroxylation is 1. The van der Waals surface area contributed by atoms with Gasteiger partial charge in [0.15, 0.2) is 5.60 Å². The van der Waals surface area contributed by atoms with E-state index in [2.05, 4.69) is 0 Å². The fraction of sp³-hybridized carbons (Fsp3) is 0.400. The Kier molecular flexibility index (Phi) is 2.98. The molecule has 1 rings (SSSR count). The van der Waals surface area contributed by atoms with Crippen LogP contribution in [0.5, 0.6) is 0 Å². The number of hydrogen-bond donors (Lipinski definition) is 1. The maximum Gasteiger partial charge on any atom is 0.421 e. The third-order valence-corrected chi connectivity index (χ3v) is 2.32. The summed E-state index contributed by atoms with van der Waals surface area (Å²) in [6.07, 6.45) is -5.07. The summed E-state index contributed by atoms with van der Waals surface area (Å²) in [4.78, 5) is 0. The van der Waals surface area contributed by atoms with Gasteiger partial charge >= 0.3 is 6.18 Å². The van der Waals surface area contributed by atoms with E-state index in [0.717, 1.165) is 0 Å². The first kappa shape index (κ1) is 12.9. The Morgan fingerprint density at radius 1 is 1.06 bits per heavy atom. The molecule has 16 heavy (non-hydrogen) atoms. The predicted molar refractivity (Wildman–Crippen MR) is 46.7 cm³/mol. The summed E-state index contributed by atoms with van der Waals surface area (Å²) < 4.78 is 63.4. The van der Waals surface area contributed by atoms with E-state index in [4.69, 9.17) is 0 Å². The van der Waals surface area contributed by atoms with E-state index in [1.165, 1.54) is 6.92 Å². The SMILES string of the molecule is Cc1cc(F)c(C(C)(O)C(F)(F)F)cc1F. The zero-order chi connectivity index (χ0) is 12.7. The Bertz CT molecular complexity index is 408. The van der Waals surface area contributed by atoms with Crippen LogP contribution in [0.4, 0.5) is 22.0 Å². The largest absolute Gasteiger partial charge is 0.421 e. The van der Waals surface area contributed by atoms with Crippen molar-refractivity contribution in [3.8, 4) is 0 Å². The summed E-state index contributed by atoms with van der Waals surface area (Å²) >= 11 is 0. The van der Waals surface area contributed by atoms with Crippen LogP contribution in [0.1, 0.15) is 18.1 Å². The van der Waals surface area contributed by atoms with Crippen molar-refractivity contribution in [2.45, 2.75) is 25.6 Å². The van der Waals surface area contributed by atoms with Gasteiger partial charge in [-0.05, 0) is 31.5 Å². The van der Waals surface area contributed by atoms with Crippen LogP contribution in [-0.2, 0) is 5.60 Å². The molecule has 0 saturated carbocycles. The molecule has 1 atom stereocenters. The molecule has 0 aromatic heterocycles. The molecule has 1 unspecified atom stereocenters. The molecule has 0 heterocycles. The van der Waals surface area contributed by atoms with Crippen molar-refractivity contribution in [1.29, 1.82) is 0 Å². The number of rotatable bonds is 1. The molecule has 0 fully saturated rings. The van der Waals surface area contributed by atoms with Crippen LogP contribution in [0.25, 0.3) is 0 Å². The summed E-state index contributed by atoms with van der Waals surface area (Å²) in [5.41, 5.74) is -4.66. The Morgan fingerprint density at radius 2 is 1.56 bits per heavy atom. The van der Waals surface area contributed by atoms with Gasteiger partial charge in [0.25, 0.3) is 0 Å². The molecule has 1 N–H and O–H groups in total. The lowest BCUT2D eigenvalue weighted by molar-refractivity contribution is -0.259. The van der Waals surface area contributed by atoms with E-state index >= 15 is 0 Å². The Balaban J connectivity index is 3.39. The number of halogens is 5. The summed E-state index contributed by atoms with van der Waals surface area (Å²) in [7, 11) is 0. The Morgan fingerprint density at radius 3 is 2.00 bits per heavy atom. The summed E-state index contributed by atoms with van der Waals surface area (Å²) in [6, 6.07) is 0.975. The highest BCUT2D eigenvalue weighted by Gasteiger charge is 2.52. The van der Waals surface area contributed by atoms with Gasteiger partial charge in [-0.1, -0.05) is 0 Å². The highest BCUT2D eigenvalue weighted by molar-refractivity contribution is 5.30. The van der Waals surface area contributed by atoms with Crippen molar-refractivity contribution in [2.24, 2.45) is 0 Å². The maximum atomic E-state index is 13.2. The molecule has 0 amide bonds. The maximum absolute atomic E-state index is 13.2. The van der Waals surface area contributed by atoms with Crippen LogP contribution in [0.15, 0.2) is 12.1 Å². The lowest BCUT2D eigenvalue weighted by atomic mass is 9.93. The minimum atomic E-state index is -5.07. The van der Waals surface area contributed by atoms with Crippen molar-refractivity contribution in [3.05, 3.63) is 34.9 Å². The van der Waals surface area contributed by atoms with Crippen molar-refractivity contribution >= 4 is 0 Å². The zero-order valence-corrected chi connectivity index (χ0v) is 8.49. The van der Waals surface area contributed by atoms with Crippen LogP contribution in [0.2, 0.25) is 0 Å². The minimum Gasteiger partial charge on any atom is -0.376 e. The van der Waals surface area contributed by atoms with Gasteiger partial charge < -0.3 is 5.11 Å². The van der Waals surface area contributed by atoms with Gasteiger partial charge in [0, 0.05) is 5.56 Å². The van der Waals surface area contributed by atoms with Gasteiger partial charge in [0.05, 0.1) is 0 Å². The average Bonchev–Trinajstić information content (AvgIpc) is 2.09. The number of aliphatic hydroxyl groups is 1. The smallest absolute Gasteiger partial charge is 0.376 e. The first-order chi connectivity index (χ1) is 7.07. The molecule has 0 bridgehead atoms. The van der Waals surface area contributed by atoms with E-state index < -0.39 is 29.0 Å². The Labute approximate surface area is 88.5 Å². The van der Waals surface area contributed by atoms with Crippen molar-refractivity contribution < 1.29 is 27.1 Å². The lowest BCUT2D eigenvalue weighted by Crippen LogP contribution is -2.40. The van der Waals surface area contributed by atoms with Gasteiger partial charge in [-0.25, -0.2) is 8.78 Å². The quantitative estimate of drug-likeness (QED) is 0.748. The van der Waals surface area contributed by atoms with Gasteiger partial charge in [-0.15, -0.1) is 0 Å². The fourth-order valence-electron chi connectivity index (χ4n) is 1.17. The third-order valence-electron chi connectivity index (χ3n) is 2.32. The van der Waals surface area contributed by atoms with Crippen molar-refractivity contribution in [2.75, 3.05) is 0 Å². The Hall–Kier alpha value is -1.17. The number of benzene rings is 1.